The van der Waals surface area contributed by atoms with E-state index in [2.05, 4.69) is 4.98 Å². The number of benzene rings is 1. The molecule has 3 nitrogen and oxygen atoms in total. The zero-order valence-electron chi connectivity index (χ0n) is 11.6. The Bertz CT molecular complexity index is 603. The number of ether oxygens (including phenoxy) is 1. The molecule has 0 fully saturated rings. The van der Waals surface area contributed by atoms with E-state index < -0.39 is 0 Å². The van der Waals surface area contributed by atoms with Crippen molar-refractivity contribution in [2.24, 2.45) is 0 Å². The van der Waals surface area contributed by atoms with E-state index in [-0.39, 0.29) is 11.9 Å². The summed E-state index contributed by atoms with van der Waals surface area (Å²) in [5, 5.41) is 0. The van der Waals surface area contributed by atoms with Crippen molar-refractivity contribution in [3.63, 3.8) is 0 Å². The maximum absolute atomic E-state index is 12.0. The van der Waals surface area contributed by atoms with Crippen LogP contribution < -0.4 is 4.74 Å². The summed E-state index contributed by atoms with van der Waals surface area (Å²) < 4.78 is 5.71. The summed E-state index contributed by atoms with van der Waals surface area (Å²) in [6.45, 7) is 3.94. The number of nitrogens with zero attached hydrogens (tertiary/aromatic N) is 1. The average molecular weight is 267 g/mol. The van der Waals surface area contributed by atoms with Crippen LogP contribution in [0, 0.1) is 0 Å². The van der Waals surface area contributed by atoms with Crippen LogP contribution in [0.15, 0.2) is 54.7 Å². The van der Waals surface area contributed by atoms with Crippen molar-refractivity contribution < 1.29 is 9.53 Å². The number of aromatic nitrogens is 1. The average Bonchev–Trinajstić information content (AvgIpc) is 2.46. The van der Waals surface area contributed by atoms with E-state index in [1.807, 2.05) is 38.1 Å². The molecule has 0 aliphatic rings. The standard InChI is InChI=1S/C17H17NO2/c1-13(2)20-17-9-4-3-7-14(17)10-11-16(19)15-8-5-6-12-18-15/h3-13H,1-2H3/b11-10+. The summed E-state index contributed by atoms with van der Waals surface area (Å²) in [6.07, 6.45) is 4.98. The molecule has 0 radical (unpaired) electrons. The Morgan fingerprint density at radius 2 is 1.90 bits per heavy atom. The zero-order chi connectivity index (χ0) is 14.4. The Morgan fingerprint density at radius 3 is 2.60 bits per heavy atom. The fourth-order valence-corrected chi connectivity index (χ4v) is 1.74. The minimum absolute atomic E-state index is 0.0936. The van der Waals surface area contributed by atoms with Gasteiger partial charge in [-0.1, -0.05) is 24.3 Å². The van der Waals surface area contributed by atoms with E-state index in [0.29, 0.717) is 5.69 Å². The molecular weight excluding hydrogens is 250 g/mol. The predicted molar refractivity (Wildman–Crippen MR) is 79.8 cm³/mol. The number of carbonyl (C=O) groups excluding carboxylic acids is 1. The Balaban J connectivity index is 2.17. The number of hydrogen-bond donors (Lipinski definition) is 0. The molecule has 2 rings (SSSR count). The van der Waals surface area contributed by atoms with Crippen LogP contribution in [0.25, 0.3) is 6.08 Å². The van der Waals surface area contributed by atoms with Crippen LogP contribution in [0.2, 0.25) is 0 Å². The first-order valence-corrected chi connectivity index (χ1v) is 6.56. The van der Waals surface area contributed by atoms with E-state index in [4.69, 9.17) is 4.74 Å². The first-order valence-electron chi connectivity index (χ1n) is 6.56. The fraction of sp³-hybridized carbons (Fsp3) is 0.176. The largest absolute Gasteiger partial charge is 0.490 e. The molecule has 0 aliphatic carbocycles. The van der Waals surface area contributed by atoms with Crippen molar-refractivity contribution in [1.29, 1.82) is 0 Å². The lowest BCUT2D eigenvalue weighted by molar-refractivity contribution is 0.104. The van der Waals surface area contributed by atoms with Crippen LogP contribution >= 0.6 is 0 Å². The van der Waals surface area contributed by atoms with Crippen LogP contribution in [0.5, 0.6) is 5.75 Å². The van der Waals surface area contributed by atoms with Gasteiger partial charge in [0, 0.05) is 11.8 Å². The molecule has 1 aromatic heterocycles. The van der Waals surface area contributed by atoms with Crippen LogP contribution in [-0.4, -0.2) is 16.9 Å². The summed E-state index contributed by atoms with van der Waals surface area (Å²) in [5.41, 5.74) is 1.32. The number of para-hydroxylation sites is 1. The van der Waals surface area contributed by atoms with Gasteiger partial charge in [-0.3, -0.25) is 9.78 Å². The van der Waals surface area contributed by atoms with Gasteiger partial charge < -0.3 is 4.74 Å². The first-order chi connectivity index (χ1) is 9.66. The van der Waals surface area contributed by atoms with Gasteiger partial charge in [-0.25, -0.2) is 0 Å². The Morgan fingerprint density at radius 1 is 1.15 bits per heavy atom. The summed E-state index contributed by atoms with van der Waals surface area (Å²) in [4.78, 5) is 16.0. The highest BCUT2D eigenvalue weighted by molar-refractivity contribution is 6.05. The van der Waals surface area contributed by atoms with Gasteiger partial charge in [-0.15, -0.1) is 0 Å². The Hall–Kier alpha value is -2.42. The molecule has 0 unspecified atom stereocenters. The van der Waals surface area contributed by atoms with Gasteiger partial charge in [-0.05, 0) is 44.2 Å². The summed E-state index contributed by atoms with van der Waals surface area (Å²) in [6, 6.07) is 12.9. The second-order valence-electron chi connectivity index (χ2n) is 4.62. The summed E-state index contributed by atoms with van der Waals surface area (Å²) >= 11 is 0. The van der Waals surface area contributed by atoms with Gasteiger partial charge in [0.2, 0.25) is 5.78 Å². The third-order valence-electron chi connectivity index (χ3n) is 2.61. The van der Waals surface area contributed by atoms with Gasteiger partial charge in [0.15, 0.2) is 0 Å². The first kappa shape index (κ1) is 14.0. The highest BCUT2D eigenvalue weighted by atomic mass is 16.5. The lowest BCUT2D eigenvalue weighted by Gasteiger charge is -2.11. The van der Waals surface area contributed by atoms with Crippen molar-refractivity contribution in [3.8, 4) is 5.75 Å². The topological polar surface area (TPSA) is 39.2 Å². The second kappa shape index (κ2) is 6.66. The lowest BCUT2D eigenvalue weighted by atomic mass is 10.1. The molecule has 20 heavy (non-hydrogen) atoms. The van der Waals surface area contributed by atoms with E-state index >= 15 is 0 Å². The number of carbonyl (C=O) groups is 1. The molecule has 0 spiro atoms. The molecule has 1 heterocycles. The third-order valence-corrected chi connectivity index (χ3v) is 2.61. The molecule has 0 atom stereocenters. The molecule has 1 aromatic carbocycles. The van der Waals surface area contributed by atoms with E-state index in [1.165, 1.54) is 6.08 Å². The lowest BCUT2D eigenvalue weighted by Crippen LogP contribution is -2.06. The molecule has 0 saturated heterocycles. The predicted octanol–water partition coefficient (Wildman–Crippen LogP) is 3.76. The van der Waals surface area contributed by atoms with Crippen LogP contribution in [0.1, 0.15) is 29.9 Å². The highest BCUT2D eigenvalue weighted by Gasteiger charge is 2.04. The van der Waals surface area contributed by atoms with Gasteiger partial charge in [-0.2, -0.15) is 0 Å². The van der Waals surface area contributed by atoms with Gasteiger partial charge >= 0.3 is 0 Å². The quantitative estimate of drug-likeness (QED) is 0.611. The molecule has 0 amide bonds. The number of ketones is 1. The van der Waals surface area contributed by atoms with Gasteiger partial charge in [0.25, 0.3) is 0 Å². The maximum Gasteiger partial charge on any atom is 0.204 e. The van der Waals surface area contributed by atoms with Crippen molar-refractivity contribution in [3.05, 3.63) is 66.0 Å². The second-order valence-corrected chi connectivity index (χ2v) is 4.62. The van der Waals surface area contributed by atoms with Crippen LogP contribution in [0.3, 0.4) is 0 Å². The molecular formula is C17H17NO2. The Kier molecular flexibility index (Phi) is 4.66. The SMILES string of the molecule is CC(C)Oc1ccccc1/C=C/C(=O)c1ccccn1. The third kappa shape index (κ3) is 3.79. The van der Waals surface area contributed by atoms with Gasteiger partial charge in [0.05, 0.1) is 6.10 Å². The van der Waals surface area contributed by atoms with Crippen LogP contribution in [0.4, 0.5) is 0 Å². The van der Waals surface area contributed by atoms with Crippen molar-refractivity contribution in [2.45, 2.75) is 20.0 Å². The Labute approximate surface area is 118 Å². The monoisotopic (exact) mass is 267 g/mol. The number of pyridine rings is 1. The highest BCUT2D eigenvalue weighted by Crippen LogP contribution is 2.20. The van der Waals surface area contributed by atoms with Crippen molar-refractivity contribution in [2.75, 3.05) is 0 Å². The maximum atomic E-state index is 12.0. The number of hydrogen-bond acceptors (Lipinski definition) is 3. The molecule has 0 bridgehead atoms. The molecule has 102 valence electrons. The number of rotatable bonds is 5. The minimum atomic E-state index is -0.120. The zero-order valence-corrected chi connectivity index (χ0v) is 11.6. The van der Waals surface area contributed by atoms with Crippen molar-refractivity contribution in [1.82, 2.24) is 4.98 Å². The van der Waals surface area contributed by atoms with Crippen molar-refractivity contribution >= 4 is 11.9 Å². The smallest absolute Gasteiger partial charge is 0.204 e. The van der Waals surface area contributed by atoms with E-state index in [9.17, 15) is 4.79 Å². The van der Waals surface area contributed by atoms with Crippen LogP contribution in [-0.2, 0) is 0 Å². The minimum Gasteiger partial charge on any atom is -0.490 e. The van der Waals surface area contributed by atoms with E-state index in [1.54, 1.807) is 30.5 Å². The normalized spacial score (nSPS) is 10.9. The van der Waals surface area contributed by atoms with E-state index in [0.717, 1.165) is 11.3 Å². The molecule has 2 aromatic rings. The molecule has 3 heteroatoms. The summed E-state index contributed by atoms with van der Waals surface area (Å²) in [5.74, 6) is 0.650. The number of allylic oxidation sites excluding steroid dienone is 1. The fourth-order valence-electron chi connectivity index (χ4n) is 1.74. The molecule has 0 saturated carbocycles. The molecule has 0 aliphatic heterocycles. The summed E-state index contributed by atoms with van der Waals surface area (Å²) in [7, 11) is 0. The molecule has 0 N–H and O–H groups in total. The van der Waals surface area contributed by atoms with Gasteiger partial charge in [0.1, 0.15) is 11.4 Å².